The summed E-state index contributed by atoms with van der Waals surface area (Å²) < 4.78 is 1.43. The molecule has 0 unspecified atom stereocenters. The van der Waals surface area contributed by atoms with Crippen molar-refractivity contribution in [3.63, 3.8) is 0 Å². The van der Waals surface area contributed by atoms with Crippen LogP contribution >= 0.6 is 0 Å². The summed E-state index contributed by atoms with van der Waals surface area (Å²) in [4.78, 5) is 27.1. The van der Waals surface area contributed by atoms with Crippen molar-refractivity contribution in [1.82, 2.24) is 14.7 Å². The molecule has 0 saturated carbocycles. The van der Waals surface area contributed by atoms with Crippen molar-refractivity contribution in [2.24, 2.45) is 0 Å². The topological polar surface area (TPSA) is 93.2 Å². The van der Waals surface area contributed by atoms with Gasteiger partial charge in [-0.25, -0.2) is 4.68 Å². The number of nitrogens with two attached hydrogens (primary N) is 1. The standard InChI is InChI=1S/C27H27N5O2/c1-31(2)17-19-7-11-21(12-8-19)24-15-16-26(33)32(30-24)18-20-9-13-22(14-10-20)27(34)29-25-6-4-3-5-23(25)28/h3-16H,17-18,28H2,1-2H3,(H,29,34). The molecule has 3 N–H and O–H groups in total. The molecule has 0 radical (unpaired) electrons. The first kappa shape index (κ1) is 22.9. The molecule has 7 nitrogen and oxygen atoms in total. The minimum atomic E-state index is -0.251. The number of nitrogens with zero attached hydrogens (tertiary/aromatic N) is 3. The van der Waals surface area contributed by atoms with Gasteiger partial charge in [0.25, 0.3) is 11.5 Å². The van der Waals surface area contributed by atoms with Gasteiger partial charge in [-0.05, 0) is 55.6 Å². The van der Waals surface area contributed by atoms with E-state index in [2.05, 4.69) is 27.4 Å². The first-order valence-corrected chi connectivity index (χ1v) is 11.0. The molecule has 0 aliphatic carbocycles. The van der Waals surface area contributed by atoms with Gasteiger partial charge in [-0.1, -0.05) is 48.5 Å². The van der Waals surface area contributed by atoms with Crippen molar-refractivity contribution in [1.29, 1.82) is 0 Å². The van der Waals surface area contributed by atoms with Crippen LogP contribution < -0.4 is 16.6 Å². The van der Waals surface area contributed by atoms with Crippen LogP contribution in [-0.4, -0.2) is 34.7 Å². The second-order valence-corrected chi connectivity index (χ2v) is 8.39. The highest BCUT2D eigenvalue weighted by atomic mass is 16.1. The monoisotopic (exact) mass is 453 g/mol. The van der Waals surface area contributed by atoms with Gasteiger partial charge in [-0.3, -0.25) is 9.59 Å². The molecule has 1 amide bonds. The molecule has 4 rings (SSSR count). The fourth-order valence-electron chi connectivity index (χ4n) is 3.60. The van der Waals surface area contributed by atoms with Gasteiger partial charge in [-0.2, -0.15) is 5.10 Å². The van der Waals surface area contributed by atoms with Crippen LogP contribution in [0.1, 0.15) is 21.5 Å². The summed E-state index contributed by atoms with van der Waals surface area (Å²) in [6.07, 6.45) is 0. The molecule has 0 atom stereocenters. The van der Waals surface area contributed by atoms with E-state index in [-0.39, 0.29) is 11.5 Å². The minimum absolute atomic E-state index is 0.186. The van der Waals surface area contributed by atoms with Crippen molar-refractivity contribution >= 4 is 17.3 Å². The van der Waals surface area contributed by atoms with Gasteiger partial charge < -0.3 is 16.0 Å². The third kappa shape index (κ3) is 5.57. The lowest BCUT2D eigenvalue weighted by atomic mass is 10.1. The van der Waals surface area contributed by atoms with Crippen LogP contribution in [0.2, 0.25) is 0 Å². The van der Waals surface area contributed by atoms with E-state index in [0.29, 0.717) is 23.5 Å². The lowest BCUT2D eigenvalue weighted by Gasteiger charge is -2.11. The van der Waals surface area contributed by atoms with Crippen LogP contribution in [-0.2, 0) is 13.1 Å². The van der Waals surface area contributed by atoms with E-state index in [4.69, 9.17) is 5.73 Å². The molecule has 4 aromatic rings. The molecule has 0 saturated heterocycles. The molecule has 1 heterocycles. The van der Waals surface area contributed by atoms with Gasteiger partial charge in [0.05, 0.1) is 23.6 Å². The van der Waals surface area contributed by atoms with E-state index in [1.165, 1.54) is 16.3 Å². The summed E-state index contributed by atoms with van der Waals surface area (Å²) in [7, 11) is 4.06. The van der Waals surface area contributed by atoms with Crippen LogP contribution in [0.5, 0.6) is 0 Å². The second-order valence-electron chi connectivity index (χ2n) is 8.39. The highest BCUT2D eigenvalue weighted by Crippen LogP contribution is 2.19. The van der Waals surface area contributed by atoms with E-state index in [9.17, 15) is 9.59 Å². The van der Waals surface area contributed by atoms with Crippen molar-refractivity contribution in [2.75, 3.05) is 25.1 Å². The molecule has 0 bridgehead atoms. The van der Waals surface area contributed by atoms with Crippen molar-refractivity contribution in [3.8, 4) is 11.3 Å². The van der Waals surface area contributed by atoms with E-state index >= 15 is 0 Å². The number of hydrogen-bond donors (Lipinski definition) is 2. The number of carbonyl (C=O) groups is 1. The Labute approximate surface area is 198 Å². The minimum Gasteiger partial charge on any atom is -0.397 e. The van der Waals surface area contributed by atoms with Crippen LogP contribution in [0.4, 0.5) is 11.4 Å². The Balaban J connectivity index is 1.48. The fourth-order valence-corrected chi connectivity index (χ4v) is 3.60. The number of nitrogen functional groups attached to an aromatic ring is 1. The maximum atomic E-state index is 12.5. The number of rotatable bonds is 7. The summed E-state index contributed by atoms with van der Waals surface area (Å²) in [5.74, 6) is -0.251. The number of anilines is 2. The van der Waals surface area contributed by atoms with E-state index in [1.807, 2.05) is 50.5 Å². The molecular formula is C27H27N5O2. The van der Waals surface area contributed by atoms with Gasteiger partial charge in [0.2, 0.25) is 0 Å². The van der Waals surface area contributed by atoms with Crippen LogP contribution in [0.3, 0.4) is 0 Å². The Morgan fingerprint density at radius 1 is 0.912 bits per heavy atom. The quantitative estimate of drug-likeness (QED) is 0.415. The third-order valence-electron chi connectivity index (χ3n) is 5.37. The van der Waals surface area contributed by atoms with E-state index in [0.717, 1.165) is 23.4 Å². The Hall–Kier alpha value is -4.23. The summed E-state index contributed by atoms with van der Waals surface area (Å²) in [6, 6.07) is 25.6. The van der Waals surface area contributed by atoms with E-state index < -0.39 is 0 Å². The van der Waals surface area contributed by atoms with Gasteiger partial charge in [0, 0.05) is 23.7 Å². The van der Waals surface area contributed by atoms with Crippen LogP contribution in [0, 0.1) is 0 Å². The van der Waals surface area contributed by atoms with Gasteiger partial charge in [0.1, 0.15) is 0 Å². The Bertz CT molecular complexity index is 1340. The molecule has 0 aliphatic heterocycles. The average molecular weight is 454 g/mol. The Morgan fingerprint density at radius 2 is 1.59 bits per heavy atom. The second kappa shape index (κ2) is 10.1. The van der Waals surface area contributed by atoms with Crippen molar-refractivity contribution in [2.45, 2.75) is 13.1 Å². The smallest absolute Gasteiger partial charge is 0.267 e. The number of amides is 1. The molecule has 172 valence electrons. The largest absolute Gasteiger partial charge is 0.397 e. The molecule has 0 fully saturated rings. The molecule has 3 aromatic carbocycles. The molecular weight excluding hydrogens is 426 g/mol. The maximum Gasteiger partial charge on any atom is 0.267 e. The van der Waals surface area contributed by atoms with E-state index in [1.54, 1.807) is 30.3 Å². The zero-order valence-electron chi connectivity index (χ0n) is 19.2. The first-order chi connectivity index (χ1) is 16.4. The highest BCUT2D eigenvalue weighted by molar-refractivity contribution is 6.05. The molecule has 1 aromatic heterocycles. The predicted octanol–water partition coefficient (Wildman–Crippen LogP) is 3.85. The molecule has 0 aliphatic rings. The number of carbonyl (C=O) groups excluding carboxylic acids is 1. The summed E-state index contributed by atoms with van der Waals surface area (Å²) in [6.45, 7) is 1.17. The Morgan fingerprint density at radius 3 is 2.26 bits per heavy atom. The summed E-state index contributed by atoms with van der Waals surface area (Å²) in [5, 5.41) is 7.36. The predicted molar refractivity (Wildman–Crippen MR) is 136 cm³/mol. The summed E-state index contributed by atoms with van der Waals surface area (Å²) >= 11 is 0. The van der Waals surface area contributed by atoms with Crippen LogP contribution in [0.15, 0.2) is 89.7 Å². The third-order valence-corrected chi connectivity index (χ3v) is 5.37. The Kier molecular flexibility index (Phi) is 6.85. The average Bonchev–Trinajstić information content (AvgIpc) is 2.82. The normalized spacial score (nSPS) is 10.9. The fraction of sp³-hybridized carbons (Fsp3) is 0.148. The SMILES string of the molecule is CN(C)Cc1ccc(-c2ccc(=O)n(Cc3ccc(C(=O)Nc4ccccc4N)cc3)n2)cc1. The zero-order valence-corrected chi connectivity index (χ0v) is 19.2. The first-order valence-electron chi connectivity index (χ1n) is 11.0. The number of aromatic nitrogens is 2. The summed E-state index contributed by atoms with van der Waals surface area (Å²) in [5.41, 5.74) is 11.0. The number of benzene rings is 3. The maximum absolute atomic E-state index is 12.5. The van der Waals surface area contributed by atoms with Crippen LogP contribution in [0.25, 0.3) is 11.3 Å². The highest BCUT2D eigenvalue weighted by Gasteiger charge is 2.09. The van der Waals surface area contributed by atoms with Crippen molar-refractivity contribution in [3.05, 3.63) is 112 Å². The molecule has 7 heteroatoms. The zero-order chi connectivity index (χ0) is 24.1. The molecule has 0 spiro atoms. The number of hydrogen-bond acceptors (Lipinski definition) is 5. The van der Waals surface area contributed by atoms with Crippen molar-refractivity contribution < 1.29 is 4.79 Å². The van der Waals surface area contributed by atoms with Gasteiger partial charge >= 0.3 is 0 Å². The number of nitrogens with one attached hydrogen (secondary N) is 1. The van der Waals surface area contributed by atoms with Gasteiger partial charge in [0.15, 0.2) is 0 Å². The number of para-hydroxylation sites is 2. The molecule has 34 heavy (non-hydrogen) atoms. The van der Waals surface area contributed by atoms with Gasteiger partial charge in [-0.15, -0.1) is 0 Å². The lowest BCUT2D eigenvalue weighted by Crippen LogP contribution is -2.23. The lowest BCUT2D eigenvalue weighted by molar-refractivity contribution is 0.102.